The van der Waals surface area contributed by atoms with Crippen LogP contribution in [0.4, 0.5) is 11.4 Å². The highest BCUT2D eigenvalue weighted by Crippen LogP contribution is 2.26. The summed E-state index contributed by atoms with van der Waals surface area (Å²) in [6.07, 6.45) is 1.12. The van der Waals surface area contributed by atoms with Crippen molar-refractivity contribution >= 4 is 27.0 Å². The van der Waals surface area contributed by atoms with Crippen molar-refractivity contribution in [2.45, 2.75) is 6.92 Å². The second-order valence-corrected chi connectivity index (χ2v) is 5.41. The van der Waals surface area contributed by atoms with E-state index in [1.807, 2.05) is 20.0 Å². The molecule has 0 atom stereocenters. The van der Waals surface area contributed by atoms with E-state index in [1.54, 1.807) is 12.1 Å². The number of allylic oxidation sites excluding steroid dienone is 1. The van der Waals surface area contributed by atoms with E-state index < -0.39 is 10.0 Å². The quantitative estimate of drug-likeness (QED) is 0.847. The SMILES string of the molecule is C=C(C)c1cc(NS(C)(=O)=O)ccc1NC. The lowest BCUT2D eigenvalue weighted by atomic mass is 10.1. The highest BCUT2D eigenvalue weighted by Gasteiger charge is 2.06. The van der Waals surface area contributed by atoms with Gasteiger partial charge in [-0.15, -0.1) is 0 Å². The third-order valence-corrected chi connectivity index (χ3v) is 2.66. The van der Waals surface area contributed by atoms with Crippen LogP contribution >= 0.6 is 0 Å². The Kier molecular flexibility index (Phi) is 3.59. The molecule has 0 aliphatic carbocycles. The lowest BCUT2D eigenvalue weighted by molar-refractivity contribution is 0.607. The predicted molar refractivity (Wildman–Crippen MR) is 69.2 cm³/mol. The molecule has 0 saturated heterocycles. The van der Waals surface area contributed by atoms with Crippen LogP contribution in [0.2, 0.25) is 0 Å². The number of rotatable bonds is 4. The van der Waals surface area contributed by atoms with Crippen molar-refractivity contribution in [2.75, 3.05) is 23.3 Å². The van der Waals surface area contributed by atoms with Gasteiger partial charge in [-0.05, 0) is 30.7 Å². The van der Waals surface area contributed by atoms with Crippen molar-refractivity contribution in [2.24, 2.45) is 0 Å². The van der Waals surface area contributed by atoms with Crippen LogP contribution < -0.4 is 10.0 Å². The van der Waals surface area contributed by atoms with E-state index in [9.17, 15) is 8.42 Å². The fourth-order valence-corrected chi connectivity index (χ4v) is 1.95. The first-order valence-corrected chi connectivity index (χ1v) is 6.68. The minimum absolute atomic E-state index is 0.541. The summed E-state index contributed by atoms with van der Waals surface area (Å²) in [4.78, 5) is 0. The number of hydrogen-bond donors (Lipinski definition) is 2. The minimum Gasteiger partial charge on any atom is -0.388 e. The van der Waals surface area contributed by atoms with Crippen LogP contribution in [0.1, 0.15) is 12.5 Å². The summed E-state index contributed by atoms with van der Waals surface area (Å²) in [6.45, 7) is 5.73. The minimum atomic E-state index is -3.24. The Morgan fingerprint density at radius 3 is 2.44 bits per heavy atom. The van der Waals surface area contributed by atoms with Gasteiger partial charge in [0.15, 0.2) is 0 Å². The van der Waals surface area contributed by atoms with E-state index in [2.05, 4.69) is 16.6 Å². The molecule has 0 spiro atoms. The van der Waals surface area contributed by atoms with Crippen molar-refractivity contribution in [1.29, 1.82) is 0 Å². The molecule has 5 heteroatoms. The average molecular weight is 240 g/mol. The van der Waals surface area contributed by atoms with Gasteiger partial charge in [-0.25, -0.2) is 8.42 Å². The first kappa shape index (κ1) is 12.6. The van der Waals surface area contributed by atoms with Crippen LogP contribution in [0.3, 0.4) is 0 Å². The first-order valence-electron chi connectivity index (χ1n) is 4.79. The largest absolute Gasteiger partial charge is 0.388 e. The van der Waals surface area contributed by atoms with E-state index >= 15 is 0 Å². The molecule has 1 aromatic carbocycles. The Balaban J connectivity index is 3.17. The molecule has 0 aromatic heterocycles. The zero-order valence-corrected chi connectivity index (χ0v) is 10.5. The van der Waals surface area contributed by atoms with Gasteiger partial charge in [0, 0.05) is 24.0 Å². The summed E-state index contributed by atoms with van der Waals surface area (Å²) in [7, 11) is -1.43. The van der Waals surface area contributed by atoms with Crippen molar-refractivity contribution in [3.63, 3.8) is 0 Å². The van der Waals surface area contributed by atoms with Crippen molar-refractivity contribution in [3.05, 3.63) is 30.3 Å². The van der Waals surface area contributed by atoms with Gasteiger partial charge in [0.25, 0.3) is 0 Å². The maximum absolute atomic E-state index is 11.1. The summed E-state index contributed by atoms with van der Waals surface area (Å²) < 4.78 is 24.6. The summed E-state index contributed by atoms with van der Waals surface area (Å²) >= 11 is 0. The van der Waals surface area contributed by atoms with Crippen LogP contribution in [0, 0.1) is 0 Å². The van der Waals surface area contributed by atoms with E-state index in [0.717, 1.165) is 23.1 Å². The van der Waals surface area contributed by atoms with E-state index in [4.69, 9.17) is 0 Å². The van der Waals surface area contributed by atoms with Gasteiger partial charge >= 0.3 is 0 Å². The molecule has 2 N–H and O–H groups in total. The lowest BCUT2D eigenvalue weighted by Gasteiger charge is -2.11. The smallest absolute Gasteiger partial charge is 0.229 e. The monoisotopic (exact) mass is 240 g/mol. The molecular weight excluding hydrogens is 224 g/mol. The zero-order chi connectivity index (χ0) is 12.3. The highest BCUT2D eigenvalue weighted by atomic mass is 32.2. The van der Waals surface area contributed by atoms with Crippen molar-refractivity contribution < 1.29 is 8.42 Å². The van der Waals surface area contributed by atoms with E-state index in [-0.39, 0.29) is 0 Å². The molecule has 0 heterocycles. The summed E-state index contributed by atoms with van der Waals surface area (Å²) in [5.41, 5.74) is 3.24. The molecule has 0 amide bonds. The van der Waals surface area contributed by atoms with E-state index in [1.165, 1.54) is 0 Å². The fraction of sp³-hybridized carbons (Fsp3) is 0.273. The van der Waals surface area contributed by atoms with Crippen LogP contribution in [-0.4, -0.2) is 21.7 Å². The maximum Gasteiger partial charge on any atom is 0.229 e. The second kappa shape index (κ2) is 4.57. The lowest BCUT2D eigenvalue weighted by Crippen LogP contribution is -2.09. The molecule has 4 nitrogen and oxygen atoms in total. The Labute approximate surface area is 96.4 Å². The van der Waals surface area contributed by atoms with Crippen molar-refractivity contribution in [1.82, 2.24) is 0 Å². The first-order chi connectivity index (χ1) is 7.33. The zero-order valence-electron chi connectivity index (χ0n) is 9.66. The molecule has 1 aromatic rings. The summed E-state index contributed by atoms with van der Waals surface area (Å²) in [6, 6.07) is 5.28. The van der Waals surface area contributed by atoms with E-state index in [0.29, 0.717) is 5.69 Å². The van der Waals surface area contributed by atoms with Gasteiger partial charge in [0.1, 0.15) is 0 Å². The Morgan fingerprint density at radius 2 is 2.00 bits per heavy atom. The topological polar surface area (TPSA) is 58.2 Å². The maximum atomic E-state index is 11.1. The highest BCUT2D eigenvalue weighted by molar-refractivity contribution is 7.92. The molecule has 1 rings (SSSR count). The summed E-state index contributed by atoms with van der Waals surface area (Å²) in [5.74, 6) is 0. The van der Waals surface area contributed by atoms with Gasteiger partial charge < -0.3 is 5.32 Å². The molecule has 88 valence electrons. The van der Waals surface area contributed by atoms with Crippen LogP contribution in [0.25, 0.3) is 5.57 Å². The van der Waals surface area contributed by atoms with Crippen LogP contribution in [-0.2, 0) is 10.0 Å². The van der Waals surface area contributed by atoms with Crippen LogP contribution in [0.15, 0.2) is 24.8 Å². The summed E-state index contributed by atoms with van der Waals surface area (Å²) in [5, 5.41) is 3.03. The number of benzene rings is 1. The van der Waals surface area contributed by atoms with Crippen molar-refractivity contribution in [3.8, 4) is 0 Å². The number of hydrogen-bond acceptors (Lipinski definition) is 3. The fourth-order valence-electron chi connectivity index (χ4n) is 1.39. The second-order valence-electron chi connectivity index (χ2n) is 3.66. The molecule has 16 heavy (non-hydrogen) atoms. The molecule has 0 fully saturated rings. The number of sulfonamides is 1. The molecule has 0 unspecified atom stereocenters. The third kappa shape index (κ3) is 3.27. The molecular formula is C11H16N2O2S. The molecule has 0 radical (unpaired) electrons. The molecule has 0 aliphatic rings. The molecule has 0 bridgehead atoms. The Morgan fingerprint density at radius 1 is 1.38 bits per heavy atom. The van der Waals surface area contributed by atoms with Gasteiger partial charge in [0.2, 0.25) is 10.0 Å². The third-order valence-electron chi connectivity index (χ3n) is 2.05. The van der Waals surface area contributed by atoms with Gasteiger partial charge in [0.05, 0.1) is 6.26 Å². The Bertz CT molecular complexity index is 507. The van der Waals surface area contributed by atoms with Crippen LogP contribution in [0.5, 0.6) is 0 Å². The van der Waals surface area contributed by atoms with Gasteiger partial charge in [-0.1, -0.05) is 6.58 Å². The Hall–Kier alpha value is -1.49. The standard InChI is InChI=1S/C11H16N2O2S/c1-8(2)10-7-9(13-16(4,14)15)5-6-11(10)12-3/h5-7,12-13H,1H2,2-4H3. The number of anilines is 2. The van der Waals surface area contributed by atoms with Gasteiger partial charge in [-0.3, -0.25) is 4.72 Å². The molecule has 0 saturated carbocycles. The normalized spacial score (nSPS) is 10.9. The average Bonchev–Trinajstić information content (AvgIpc) is 2.15. The predicted octanol–water partition coefficient (Wildman–Crippen LogP) is 2.13. The number of nitrogens with one attached hydrogen (secondary N) is 2. The molecule has 0 aliphatic heterocycles. The van der Waals surface area contributed by atoms with Gasteiger partial charge in [-0.2, -0.15) is 0 Å².